The zero-order valence-electron chi connectivity index (χ0n) is 22.6. The van der Waals surface area contributed by atoms with Gasteiger partial charge in [0.1, 0.15) is 18.1 Å². The van der Waals surface area contributed by atoms with E-state index in [-0.39, 0.29) is 6.61 Å². The highest BCUT2D eigenvalue weighted by Gasteiger charge is 2.30. The van der Waals surface area contributed by atoms with Crippen LogP contribution in [0.1, 0.15) is 44.5 Å². The molecule has 0 bridgehead atoms. The number of aliphatic carboxylic acids is 1. The molecule has 0 aliphatic carbocycles. The van der Waals surface area contributed by atoms with Crippen LogP contribution < -0.4 is 9.47 Å². The average Bonchev–Trinajstić information content (AvgIpc) is 3.36. The van der Waals surface area contributed by atoms with E-state index in [4.69, 9.17) is 14.6 Å². The first kappa shape index (κ1) is 29.5. The molecule has 0 amide bonds. The van der Waals surface area contributed by atoms with Crippen molar-refractivity contribution in [1.29, 1.82) is 0 Å². The number of ether oxygens (including phenoxy) is 2. The quantitative estimate of drug-likeness (QED) is 0.215. The number of hydrogen-bond acceptors (Lipinski definition) is 4. The van der Waals surface area contributed by atoms with Crippen LogP contribution in [0, 0.1) is 25.7 Å². The van der Waals surface area contributed by atoms with Gasteiger partial charge in [-0.25, -0.2) is 4.79 Å². The van der Waals surface area contributed by atoms with Crippen LogP contribution in [0.3, 0.4) is 0 Å². The number of hydrogen-bond donors (Lipinski definition) is 1. The predicted molar refractivity (Wildman–Crippen MR) is 154 cm³/mol. The Morgan fingerprint density at radius 3 is 2.37 bits per heavy atom. The number of aryl methyl sites for hydroxylation is 2. The molecular formula is C33H27F3O4S. The maximum Gasteiger partial charge on any atom is 0.416 e. The highest BCUT2D eigenvalue weighted by atomic mass is 32.1. The number of carboxylic acid groups (broad SMARTS) is 1. The van der Waals surface area contributed by atoms with Gasteiger partial charge in [-0.3, -0.25) is 0 Å². The number of thiophene rings is 1. The highest BCUT2D eigenvalue weighted by molar-refractivity contribution is 7.12. The molecule has 0 radical (unpaired) electrons. The topological polar surface area (TPSA) is 55.8 Å². The summed E-state index contributed by atoms with van der Waals surface area (Å²) in [5.74, 6) is 6.11. The fourth-order valence-electron chi connectivity index (χ4n) is 3.94. The molecule has 4 aromatic rings. The molecule has 1 heterocycles. The average molecular weight is 577 g/mol. The first-order valence-electron chi connectivity index (χ1n) is 12.7. The summed E-state index contributed by atoms with van der Waals surface area (Å²) in [6.45, 7) is 5.31. The van der Waals surface area contributed by atoms with Crippen molar-refractivity contribution in [3.05, 3.63) is 123 Å². The van der Waals surface area contributed by atoms with E-state index >= 15 is 0 Å². The number of benzene rings is 3. The molecule has 0 saturated carbocycles. The Bertz CT molecular complexity index is 1620. The zero-order chi connectivity index (χ0) is 29.6. The summed E-state index contributed by atoms with van der Waals surface area (Å²) in [5.41, 5.74) is 2.43. The van der Waals surface area contributed by atoms with Gasteiger partial charge in [-0.05, 0) is 104 Å². The molecule has 0 spiro atoms. The normalized spacial score (nSPS) is 12.3. The number of alkyl halides is 3. The van der Waals surface area contributed by atoms with Crippen LogP contribution in [0.15, 0.2) is 84.9 Å². The van der Waals surface area contributed by atoms with Crippen molar-refractivity contribution in [3.63, 3.8) is 0 Å². The molecular weight excluding hydrogens is 549 g/mol. The minimum atomic E-state index is -4.48. The largest absolute Gasteiger partial charge is 0.489 e. The Labute approximate surface area is 240 Å². The molecule has 1 unspecified atom stereocenters. The maximum absolute atomic E-state index is 13.5. The molecule has 8 heteroatoms. The van der Waals surface area contributed by atoms with Crippen LogP contribution in [-0.4, -0.2) is 23.8 Å². The Morgan fingerprint density at radius 1 is 0.976 bits per heavy atom. The van der Waals surface area contributed by atoms with Crippen LogP contribution in [0.4, 0.5) is 13.2 Å². The number of carbonyl (C=O) groups is 1. The van der Waals surface area contributed by atoms with Crippen molar-refractivity contribution in [2.45, 2.75) is 33.1 Å². The summed E-state index contributed by atoms with van der Waals surface area (Å²) in [6.07, 6.45) is -3.75. The summed E-state index contributed by atoms with van der Waals surface area (Å²) in [7, 11) is 0. The molecule has 0 aliphatic rings. The second kappa shape index (κ2) is 12.8. The Morgan fingerprint density at radius 2 is 1.73 bits per heavy atom. The molecule has 3 aromatic carbocycles. The van der Waals surface area contributed by atoms with E-state index in [0.29, 0.717) is 33.8 Å². The second-order valence-corrected chi connectivity index (χ2v) is 10.6. The SMILES string of the molecule is Cc1ccc(C#Cc2ccc(C(=CCOc3ccc(OC(C)C(=O)O)c(C)c3)c3cccc(C(F)(F)F)c3)cc2)s1. The van der Waals surface area contributed by atoms with Crippen LogP contribution in [0.5, 0.6) is 11.5 Å². The van der Waals surface area contributed by atoms with Gasteiger partial charge in [0.2, 0.25) is 0 Å². The van der Waals surface area contributed by atoms with E-state index in [1.165, 1.54) is 17.9 Å². The third-order valence-electron chi connectivity index (χ3n) is 6.10. The molecule has 0 aliphatic heterocycles. The standard InChI is InChI=1S/C33H27F3O4S/c1-21-19-28(13-16-31(21)40-23(3)32(37)38)39-18-17-30(26-5-4-6-27(20-26)33(34,35)36)25-11-8-24(9-12-25)10-15-29-14-7-22(2)41-29/h4-9,11-14,16-17,19-20,23H,18H2,1-3H3,(H,37,38). The van der Waals surface area contributed by atoms with Crippen molar-refractivity contribution >= 4 is 22.9 Å². The number of halogens is 3. The molecule has 1 aromatic heterocycles. The zero-order valence-corrected chi connectivity index (χ0v) is 23.4. The first-order chi connectivity index (χ1) is 19.5. The fraction of sp³-hybridized carbons (Fsp3) is 0.182. The summed E-state index contributed by atoms with van der Waals surface area (Å²) in [4.78, 5) is 13.2. The van der Waals surface area contributed by atoms with E-state index in [1.54, 1.807) is 48.6 Å². The van der Waals surface area contributed by atoms with Gasteiger partial charge in [-0.2, -0.15) is 13.2 Å². The molecule has 0 saturated heterocycles. The summed E-state index contributed by atoms with van der Waals surface area (Å²) < 4.78 is 51.8. The van der Waals surface area contributed by atoms with E-state index in [0.717, 1.165) is 22.6 Å². The van der Waals surface area contributed by atoms with Crippen molar-refractivity contribution in [3.8, 4) is 23.3 Å². The minimum absolute atomic E-state index is 0.0794. The lowest BCUT2D eigenvalue weighted by atomic mass is 9.95. The Kier molecular flexibility index (Phi) is 9.21. The molecule has 1 atom stereocenters. The molecule has 4 nitrogen and oxygen atoms in total. The van der Waals surface area contributed by atoms with Crippen molar-refractivity contribution in [1.82, 2.24) is 0 Å². The summed E-state index contributed by atoms with van der Waals surface area (Å²) in [6, 6.07) is 21.5. The van der Waals surface area contributed by atoms with E-state index < -0.39 is 23.8 Å². The van der Waals surface area contributed by atoms with Crippen LogP contribution in [0.25, 0.3) is 5.57 Å². The number of rotatable bonds is 8. The van der Waals surface area contributed by atoms with Crippen LogP contribution in [0.2, 0.25) is 0 Å². The number of carboxylic acids is 1. The van der Waals surface area contributed by atoms with Crippen LogP contribution in [-0.2, 0) is 11.0 Å². The Balaban J connectivity index is 1.59. The van der Waals surface area contributed by atoms with Gasteiger partial charge in [0.25, 0.3) is 0 Å². The van der Waals surface area contributed by atoms with Gasteiger partial charge in [0.05, 0.1) is 10.4 Å². The van der Waals surface area contributed by atoms with Gasteiger partial charge >= 0.3 is 12.1 Å². The van der Waals surface area contributed by atoms with Crippen molar-refractivity contribution in [2.24, 2.45) is 0 Å². The Hall–Kier alpha value is -4.48. The first-order valence-corrected chi connectivity index (χ1v) is 13.5. The lowest BCUT2D eigenvalue weighted by molar-refractivity contribution is -0.144. The third kappa shape index (κ3) is 8.03. The van der Waals surface area contributed by atoms with Gasteiger partial charge in [0, 0.05) is 10.4 Å². The van der Waals surface area contributed by atoms with Gasteiger partial charge in [-0.15, -0.1) is 11.3 Å². The lowest BCUT2D eigenvalue weighted by Crippen LogP contribution is -2.23. The molecule has 4 rings (SSSR count). The van der Waals surface area contributed by atoms with Gasteiger partial charge in [-0.1, -0.05) is 36.1 Å². The fourth-order valence-corrected chi connectivity index (χ4v) is 4.66. The van der Waals surface area contributed by atoms with Crippen LogP contribution >= 0.6 is 11.3 Å². The maximum atomic E-state index is 13.5. The van der Waals surface area contributed by atoms with E-state index in [9.17, 15) is 18.0 Å². The van der Waals surface area contributed by atoms with Gasteiger partial charge in [0.15, 0.2) is 6.10 Å². The van der Waals surface area contributed by atoms with E-state index in [2.05, 4.69) is 11.8 Å². The summed E-state index contributed by atoms with van der Waals surface area (Å²) >= 11 is 1.61. The monoisotopic (exact) mass is 576 g/mol. The molecule has 210 valence electrons. The predicted octanol–water partition coefficient (Wildman–Crippen LogP) is 8.15. The van der Waals surface area contributed by atoms with Gasteiger partial charge < -0.3 is 14.6 Å². The van der Waals surface area contributed by atoms with Crippen molar-refractivity contribution < 1.29 is 32.5 Å². The summed E-state index contributed by atoms with van der Waals surface area (Å²) in [5, 5.41) is 9.07. The highest BCUT2D eigenvalue weighted by Crippen LogP contribution is 2.33. The van der Waals surface area contributed by atoms with Crippen molar-refractivity contribution in [2.75, 3.05) is 6.61 Å². The molecule has 1 N–H and O–H groups in total. The smallest absolute Gasteiger partial charge is 0.416 e. The third-order valence-corrected chi connectivity index (χ3v) is 7.02. The minimum Gasteiger partial charge on any atom is -0.489 e. The lowest BCUT2D eigenvalue weighted by Gasteiger charge is -2.15. The van der Waals surface area contributed by atoms with E-state index in [1.807, 2.05) is 43.3 Å². The molecule has 0 fully saturated rings. The second-order valence-electron chi connectivity index (χ2n) is 9.27. The molecule has 41 heavy (non-hydrogen) atoms.